The summed E-state index contributed by atoms with van der Waals surface area (Å²) in [6.07, 6.45) is -0.625. The molecule has 2 heterocycles. The number of aromatic nitrogens is 1. The van der Waals surface area contributed by atoms with E-state index in [4.69, 9.17) is 0 Å². The SMILES string of the molecule is O=C(Nc1nc2ccc(-c3ccc(F)c(F)c3)cc2s1)N1CCC(F)C1. The van der Waals surface area contributed by atoms with Crippen molar-refractivity contribution < 1.29 is 18.0 Å². The first-order valence-corrected chi connectivity index (χ1v) is 8.87. The molecule has 8 heteroatoms. The van der Waals surface area contributed by atoms with Crippen LogP contribution in [0.4, 0.5) is 23.1 Å². The molecule has 2 aromatic carbocycles. The first kappa shape index (κ1) is 16.8. The van der Waals surface area contributed by atoms with Gasteiger partial charge in [-0.25, -0.2) is 22.9 Å². The smallest absolute Gasteiger partial charge is 0.321 e. The maximum atomic E-state index is 13.4. The first-order chi connectivity index (χ1) is 12.5. The van der Waals surface area contributed by atoms with E-state index in [2.05, 4.69) is 10.3 Å². The van der Waals surface area contributed by atoms with Gasteiger partial charge in [-0.1, -0.05) is 23.5 Å². The number of alkyl halides is 1. The van der Waals surface area contributed by atoms with Gasteiger partial charge in [0.25, 0.3) is 0 Å². The van der Waals surface area contributed by atoms with Gasteiger partial charge in [-0.05, 0) is 41.8 Å². The van der Waals surface area contributed by atoms with E-state index >= 15 is 0 Å². The molecular formula is C18H14F3N3OS. The highest BCUT2D eigenvalue weighted by Crippen LogP contribution is 2.31. The Morgan fingerprint density at radius 1 is 1.15 bits per heavy atom. The number of benzene rings is 2. The second-order valence-corrected chi connectivity index (χ2v) is 7.12. The number of nitrogens with zero attached hydrogens (tertiary/aromatic N) is 2. The summed E-state index contributed by atoms with van der Waals surface area (Å²) < 4.78 is 40.5. The minimum Gasteiger partial charge on any atom is -0.321 e. The molecular weight excluding hydrogens is 363 g/mol. The standard InChI is InChI=1S/C18H14F3N3OS/c19-12-5-6-24(9-12)18(25)23-17-22-15-4-2-11(8-16(15)26-17)10-1-3-13(20)14(21)7-10/h1-4,7-8,12H,5-6,9H2,(H,22,23,25). The van der Waals surface area contributed by atoms with Crippen molar-refractivity contribution >= 4 is 32.7 Å². The van der Waals surface area contributed by atoms with Gasteiger partial charge in [-0.3, -0.25) is 5.32 Å². The van der Waals surface area contributed by atoms with Crippen molar-refractivity contribution in [3.8, 4) is 11.1 Å². The van der Waals surface area contributed by atoms with Crippen LogP contribution in [0.1, 0.15) is 6.42 Å². The highest BCUT2D eigenvalue weighted by atomic mass is 32.1. The van der Waals surface area contributed by atoms with Gasteiger partial charge in [0.05, 0.1) is 16.8 Å². The van der Waals surface area contributed by atoms with Gasteiger partial charge in [0.1, 0.15) is 6.17 Å². The predicted octanol–water partition coefficient (Wildman–Crippen LogP) is 4.82. The highest BCUT2D eigenvalue weighted by Gasteiger charge is 2.26. The Labute approximate surface area is 151 Å². The molecule has 1 aliphatic rings. The zero-order chi connectivity index (χ0) is 18.3. The van der Waals surface area contributed by atoms with Crippen LogP contribution in [0.15, 0.2) is 36.4 Å². The summed E-state index contributed by atoms with van der Waals surface area (Å²) in [5.74, 6) is -1.80. The molecule has 134 valence electrons. The number of anilines is 1. The van der Waals surface area contributed by atoms with Crippen LogP contribution in [0.25, 0.3) is 21.3 Å². The number of carbonyl (C=O) groups is 1. The van der Waals surface area contributed by atoms with Crippen molar-refractivity contribution in [2.75, 3.05) is 18.4 Å². The Morgan fingerprint density at radius 2 is 1.92 bits per heavy atom. The molecule has 1 atom stereocenters. The van der Waals surface area contributed by atoms with Crippen LogP contribution in [0.3, 0.4) is 0 Å². The van der Waals surface area contributed by atoms with Crippen LogP contribution < -0.4 is 5.32 Å². The quantitative estimate of drug-likeness (QED) is 0.696. The molecule has 1 saturated heterocycles. The molecule has 3 aromatic rings. The molecule has 1 unspecified atom stereocenters. The number of halogens is 3. The third-order valence-electron chi connectivity index (χ3n) is 4.27. The largest absolute Gasteiger partial charge is 0.323 e. The molecule has 1 aliphatic heterocycles. The molecule has 0 spiro atoms. The van der Waals surface area contributed by atoms with Gasteiger partial charge < -0.3 is 4.90 Å². The van der Waals surface area contributed by atoms with Crippen molar-refractivity contribution in [3.05, 3.63) is 48.0 Å². The van der Waals surface area contributed by atoms with Crippen LogP contribution >= 0.6 is 11.3 Å². The summed E-state index contributed by atoms with van der Waals surface area (Å²) in [7, 11) is 0. The molecule has 0 saturated carbocycles. The lowest BCUT2D eigenvalue weighted by molar-refractivity contribution is 0.218. The van der Waals surface area contributed by atoms with Crippen LogP contribution in [0.5, 0.6) is 0 Å². The van der Waals surface area contributed by atoms with Gasteiger partial charge >= 0.3 is 6.03 Å². The summed E-state index contributed by atoms with van der Waals surface area (Å²) in [5, 5.41) is 3.10. The predicted molar refractivity (Wildman–Crippen MR) is 95.1 cm³/mol. The maximum absolute atomic E-state index is 13.4. The Kier molecular flexibility index (Phi) is 4.28. The van der Waals surface area contributed by atoms with E-state index in [1.165, 1.54) is 22.3 Å². The van der Waals surface area contributed by atoms with E-state index in [0.717, 1.165) is 22.4 Å². The molecule has 2 amide bonds. The summed E-state index contributed by atoms with van der Waals surface area (Å²) in [4.78, 5) is 17.9. The lowest BCUT2D eigenvalue weighted by Crippen LogP contribution is -2.33. The fourth-order valence-corrected chi connectivity index (χ4v) is 3.80. The number of hydrogen-bond acceptors (Lipinski definition) is 3. The van der Waals surface area contributed by atoms with Crippen molar-refractivity contribution in [3.63, 3.8) is 0 Å². The van der Waals surface area contributed by atoms with Crippen molar-refractivity contribution in [2.24, 2.45) is 0 Å². The normalized spacial score (nSPS) is 17.0. The van der Waals surface area contributed by atoms with Gasteiger partial charge in [0.15, 0.2) is 16.8 Å². The molecule has 1 fully saturated rings. The maximum Gasteiger partial charge on any atom is 0.323 e. The van der Waals surface area contributed by atoms with Crippen molar-refractivity contribution in [2.45, 2.75) is 12.6 Å². The van der Waals surface area contributed by atoms with Gasteiger partial charge in [0, 0.05) is 6.54 Å². The Bertz CT molecular complexity index is 991. The van der Waals surface area contributed by atoms with Gasteiger partial charge in [0.2, 0.25) is 0 Å². The number of carbonyl (C=O) groups excluding carboxylic acids is 1. The van der Waals surface area contributed by atoms with Crippen LogP contribution in [0, 0.1) is 11.6 Å². The average Bonchev–Trinajstić information content (AvgIpc) is 3.22. The number of amides is 2. The molecule has 4 rings (SSSR count). The molecule has 0 bridgehead atoms. The topological polar surface area (TPSA) is 45.2 Å². The third kappa shape index (κ3) is 3.24. The number of fused-ring (bicyclic) bond motifs is 1. The molecule has 0 radical (unpaired) electrons. The number of rotatable bonds is 2. The second kappa shape index (κ2) is 6.60. The van der Waals surface area contributed by atoms with E-state index in [0.29, 0.717) is 29.2 Å². The zero-order valence-corrected chi connectivity index (χ0v) is 14.3. The van der Waals surface area contributed by atoms with E-state index in [9.17, 15) is 18.0 Å². The monoisotopic (exact) mass is 377 g/mol. The van der Waals surface area contributed by atoms with E-state index < -0.39 is 17.8 Å². The average molecular weight is 377 g/mol. The number of thiazole rings is 1. The molecule has 1 aromatic heterocycles. The van der Waals surface area contributed by atoms with Crippen LogP contribution in [-0.4, -0.2) is 35.2 Å². The van der Waals surface area contributed by atoms with Gasteiger partial charge in [-0.2, -0.15) is 0 Å². The Morgan fingerprint density at radius 3 is 2.65 bits per heavy atom. The summed E-state index contributed by atoms with van der Waals surface area (Å²) >= 11 is 1.27. The van der Waals surface area contributed by atoms with Gasteiger partial charge in [-0.15, -0.1) is 0 Å². The first-order valence-electron chi connectivity index (χ1n) is 8.05. The van der Waals surface area contributed by atoms with E-state index in [1.807, 2.05) is 6.07 Å². The minimum absolute atomic E-state index is 0.0943. The fourth-order valence-electron chi connectivity index (χ4n) is 2.91. The van der Waals surface area contributed by atoms with Crippen LogP contribution in [-0.2, 0) is 0 Å². The van der Waals surface area contributed by atoms with Crippen LogP contribution in [0.2, 0.25) is 0 Å². The highest BCUT2D eigenvalue weighted by molar-refractivity contribution is 7.22. The zero-order valence-electron chi connectivity index (χ0n) is 13.5. The molecule has 0 aliphatic carbocycles. The Hall–Kier alpha value is -2.61. The fraction of sp³-hybridized carbons (Fsp3) is 0.222. The number of urea groups is 1. The molecule has 1 N–H and O–H groups in total. The van der Waals surface area contributed by atoms with E-state index in [1.54, 1.807) is 12.1 Å². The van der Waals surface area contributed by atoms with Crippen molar-refractivity contribution in [1.29, 1.82) is 0 Å². The Balaban J connectivity index is 1.57. The van der Waals surface area contributed by atoms with E-state index in [-0.39, 0.29) is 12.6 Å². The lowest BCUT2D eigenvalue weighted by atomic mass is 10.1. The summed E-state index contributed by atoms with van der Waals surface area (Å²) in [5.41, 5.74) is 1.95. The second-order valence-electron chi connectivity index (χ2n) is 6.09. The molecule has 26 heavy (non-hydrogen) atoms. The summed E-state index contributed by atoms with van der Waals surface area (Å²) in [6, 6.07) is 8.68. The number of likely N-dealkylation sites (tertiary alicyclic amines) is 1. The lowest BCUT2D eigenvalue weighted by Gasteiger charge is -2.14. The number of hydrogen-bond donors (Lipinski definition) is 1. The third-order valence-corrected chi connectivity index (χ3v) is 5.21. The number of nitrogens with one attached hydrogen (secondary N) is 1. The summed E-state index contributed by atoms with van der Waals surface area (Å²) in [6.45, 7) is 0.481. The molecule has 4 nitrogen and oxygen atoms in total. The van der Waals surface area contributed by atoms with Crippen molar-refractivity contribution in [1.82, 2.24) is 9.88 Å². The minimum atomic E-state index is -0.977.